The zero-order valence-electron chi connectivity index (χ0n) is 18.0. The average Bonchev–Trinajstić information content (AvgIpc) is 3.30. The number of nitrogens with zero attached hydrogens (tertiary/aromatic N) is 1. The van der Waals surface area contributed by atoms with E-state index < -0.39 is 34.0 Å². The molecular weight excluding hydrogens is 471 g/mol. The topological polar surface area (TPSA) is 57.8 Å². The van der Waals surface area contributed by atoms with Gasteiger partial charge in [0.2, 0.25) is 0 Å². The van der Waals surface area contributed by atoms with Crippen molar-refractivity contribution >= 4 is 27.7 Å². The molecule has 0 fully saturated rings. The van der Waals surface area contributed by atoms with E-state index in [1.54, 1.807) is 6.07 Å². The lowest BCUT2D eigenvalue weighted by molar-refractivity contribution is 0.580. The van der Waals surface area contributed by atoms with Crippen LogP contribution in [-0.4, -0.2) is 14.2 Å². The van der Waals surface area contributed by atoms with Gasteiger partial charge in [-0.1, -0.05) is 48.2 Å². The minimum atomic E-state index is -1.95. The maximum absolute atomic E-state index is 15.0. The van der Waals surface area contributed by atoms with Crippen molar-refractivity contribution in [3.8, 4) is 23.1 Å². The fraction of sp³-hybridized carbons (Fsp3) is 0. The monoisotopic (exact) mass is 487 g/mol. The number of fused-ring (bicyclic) bond motifs is 1. The number of pyridine rings is 1. The van der Waals surface area contributed by atoms with Crippen LogP contribution >= 0.6 is 0 Å². The molecule has 0 spiro atoms. The largest absolute Gasteiger partial charge is 0.339 e. The van der Waals surface area contributed by atoms with Gasteiger partial charge in [0.1, 0.15) is 28.3 Å². The number of nitrogens with one attached hydrogen (secondary N) is 2. The molecule has 0 aliphatic carbocycles. The van der Waals surface area contributed by atoms with Crippen LogP contribution < -0.4 is 4.72 Å². The van der Waals surface area contributed by atoms with Crippen LogP contribution in [0.2, 0.25) is 0 Å². The number of aromatic nitrogens is 2. The number of benzene rings is 3. The summed E-state index contributed by atoms with van der Waals surface area (Å²) in [6.07, 6.45) is 1.51. The van der Waals surface area contributed by atoms with Gasteiger partial charge in [-0.05, 0) is 48.0 Å². The Hall–Kier alpha value is -4.35. The third-order valence-corrected chi connectivity index (χ3v) is 6.28. The molecule has 0 aliphatic heterocycles. The van der Waals surface area contributed by atoms with Gasteiger partial charge >= 0.3 is 0 Å². The Morgan fingerprint density at radius 2 is 1.71 bits per heavy atom. The fourth-order valence-corrected chi connectivity index (χ4v) is 4.38. The van der Waals surface area contributed by atoms with E-state index in [4.69, 9.17) is 0 Å². The van der Waals surface area contributed by atoms with Crippen molar-refractivity contribution in [1.82, 2.24) is 9.97 Å². The molecule has 35 heavy (non-hydrogen) atoms. The second kappa shape index (κ2) is 9.49. The van der Waals surface area contributed by atoms with Crippen molar-refractivity contribution < 1.29 is 17.4 Å². The van der Waals surface area contributed by atoms with E-state index in [1.807, 2.05) is 36.4 Å². The first kappa shape index (κ1) is 22.4. The lowest BCUT2D eigenvalue weighted by Crippen LogP contribution is -2.08. The van der Waals surface area contributed by atoms with Crippen LogP contribution in [0.15, 0.2) is 90.0 Å². The Morgan fingerprint density at radius 1 is 0.886 bits per heavy atom. The van der Waals surface area contributed by atoms with Crippen LogP contribution in [0.25, 0.3) is 22.3 Å². The second-order valence-corrected chi connectivity index (χ2v) is 8.79. The summed E-state index contributed by atoms with van der Waals surface area (Å²) in [5, 5.41) is 0.803. The fourth-order valence-electron chi connectivity index (χ4n) is 3.48. The van der Waals surface area contributed by atoms with E-state index in [2.05, 4.69) is 26.5 Å². The summed E-state index contributed by atoms with van der Waals surface area (Å²) in [5.74, 6) is 2.82. The normalized spacial score (nSPS) is 11.6. The molecule has 0 aliphatic rings. The summed E-state index contributed by atoms with van der Waals surface area (Å²) in [4.78, 5) is 7.70. The molecule has 172 valence electrons. The Labute approximate surface area is 201 Å². The van der Waals surface area contributed by atoms with E-state index in [1.165, 1.54) is 24.4 Å². The van der Waals surface area contributed by atoms with Crippen LogP contribution in [0.1, 0.15) is 11.1 Å². The van der Waals surface area contributed by atoms with Gasteiger partial charge in [-0.15, -0.1) is 0 Å². The van der Waals surface area contributed by atoms with Crippen molar-refractivity contribution in [2.75, 3.05) is 4.72 Å². The van der Waals surface area contributed by atoms with Gasteiger partial charge in [-0.25, -0.2) is 22.4 Å². The summed E-state index contributed by atoms with van der Waals surface area (Å²) in [6, 6.07) is 20.7. The number of rotatable bonds is 4. The van der Waals surface area contributed by atoms with Gasteiger partial charge in [0.25, 0.3) is 0 Å². The van der Waals surface area contributed by atoms with Crippen molar-refractivity contribution in [3.63, 3.8) is 0 Å². The molecule has 1 atom stereocenters. The number of hydrogen-bond donors (Lipinski definition) is 2. The summed E-state index contributed by atoms with van der Waals surface area (Å²) in [7, 11) is -1.95. The molecule has 0 radical (unpaired) electrons. The molecule has 8 heteroatoms. The minimum absolute atomic E-state index is 0.113. The molecule has 5 rings (SSSR count). The van der Waals surface area contributed by atoms with Gasteiger partial charge in [-0.2, -0.15) is 0 Å². The highest BCUT2D eigenvalue weighted by molar-refractivity contribution is 7.86. The molecular formula is C27H16F3N3OS. The minimum Gasteiger partial charge on any atom is -0.339 e. The first-order valence-electron chi connectivity index (χ1n) is 10.5. The molecule has 5 aromatic rings. The molecule has 2 heterocycles. The van der Waals surface area contributed by atoms with Crippen molar-refractivity contribution in [2.24, 2.45) is 0 Å². The third-order valence-electron chi connectivity index (χ3n) is 5.19. The molecule has 0 saturated heterocycles. The zero-order chi connectivity index (χ0) is 24.4. The van der Waals surface area contributed by atoms with Crippen LogP contribution in [-0.2, 0) is 11.0 Å². The smallest absolute Gasteiger partial charge is 0.165 e. The van der Waals surface area contributed by atoms with Crippen molar-refractivity contribution in [1.29, 1.82) is 0 Å². The first-order valence-corrected chi connectivity index (χ1v) is 11.6. The van der Waals surface area contributed by atoms with E-state index in [-0.39, 0.29) is 10.6 Å². The van der Waals surface area contributed by atoms with Crippen LogP contribution in [0.5, 0.6) is 0 Å². The number of halogens is 3. The van der Waals surface area contributed by atoms with E-state index in [9.17, 15) is 13.0 Å². The quantitative estimate of drug-likeness (QED) is 0.298. The highest BCUT2D eigenvalue weighted by Gasteiger charge is 2.15. The molecule has 3 aromatic carbocycles. The highest BCUT2D eigenvalue weighted by Crippen LogP contribution is 2.25. The lowest BCUT2D eigenvalue weighted by Gasteiger charge is -2.09. The van der Waals surface area contributed by atoms with Crippen LogP contribution in [0.3, 0.4) is 0 Å². The molecule has 0 bridgehead atoms. The summed E-state index contributed by atoms with van der Waals surface area (Å²) in [5.41, 5.74) is 2.33. The predicted octanol–water partition coefficient (Wildman–Crippen LogP) is 6.18. The highest BCUT2D eigenvalue weighted by atomic mass is 32.2. The predicted molar refractivity (Wildman–Crippen MR) is 130 cm³/mol. The number of H-pyrrole nitrogens is 1. The van der Waals surface area contributed by atoms with E-state index >= 15 is 4.39 Å². The van der Waals surface area contributed by atoms with Crippen LogP contribution in [0.4, 0.5) is 18.9 Å². The Morgan fingerprint density at radius 3 is 2.51 bits per heavy atom. The van der Waals surface area contributed by atoms with Gasteiger partial charge in [-0.3, -0.25) is 4.72 Å². The van der Waals surface area contributed by atoms with Gasteiger partial charge in [0, 0.05) is 22.8 Å². The Kier molecular flexibility index (Phi) is 6.08. The number of anilines is 1. The summed E-state index contributed by atoms with van der Waals surface area (Å²) >= 11 is 0. The van der Waals surface area contributed by atoms with Gasteiger partial charge in [0.15, 0.2) is 5.82 Å². The summed E-state index contributed by atoms with van der Waals surface area (Å²) in [6.45, 7) is 0. The van der Waals surface area contributed by atoms with Gasteiger partial charge in [0.05, 0.1) is 16.1 Å². The Bertz CT molecular complexity index is 1640. The molecule has 2 aromatic heterocycles. The van der Waals surface area contributed by atoms with Gasteiger partial charge < -0.3 is 4.98 Å². The second-order valence-electron chi connectivity index (χ2n) is 7.57. The standard InChI is InChI=1S/C27H16F3N3OS/c28-20-7-4-8-21(15-20)35(34)33-24-12-11-23(29)22(26(24)30)10-9-17-13-19-14-25(32-27(19)31-16-17)18-5-2-1-3-6-18/h1-8,11-16,33H,(H,31,32). The summed E-state index contributed by atoms with van der Waals surface area (Å²) < 4.78 is 57.7. The van der Waals surface area contributed by atoms with Crippen LogP contribution in [0, 0.1) is 29.3 Å². The van der Waals surface area contributed by atoms with Crippen molar-refractivity contribution in [3.05, 3.63) is 114 Å². The molecule has 4 nitrogen and oxygen atoms in total. The Balaban J connectivity index is 1.43. The average molecular weight is 488 g/mol. The SMILES string of the molecule is O=S(Nc1ccc(F)c(C#Cc2cnc3[nH]c(-c4ccccc4)cc3c2)c1F)c1cccc(F)c1. The maximum Gasteiger partial charge on any atom is 0.165 e. The zero-order valence-corrected chi connectivity index (χ0v) is 18.8. The van der Waals surface area contributed by atoms with E-state index in [0.717, 1.165) is 34.8 Å². The lowest BCUT2D eigenvalue weighted by atomic mass is 10.1. The maximum atomic E-state index is 15.0. The molecule has 0 saturated carbocycles. The first-order chi connectivity index (χ1) is 17.0. The molecule has 2 N–H and O–H groups in total. The molecule has 1 unspecified atom stereocenters. The number of aromatic amines is 1. The molecule has 0 amide bonds. The van der Waals surface area contributed by atoms with Crippen molar-refractivity contribution in [2.45, 2.75) is 4.90 Å². The third kappa shape index (κ3) is 4.81. The van der Waals surface area contributed by atoms with E-state index in [0.29, 0.717) is 11.2 Å². The number of hydrogen-bond acceptors (Lipinski definition) is 2.